The third kappa shape index (κ3) is 5.73. The Kier molecular flexibility index (Phi) is 7.68. The standard InChI is InChI=1S/C23H32ClN3O4/c1-13(2)10-16(25)19(28)23(24,21(30)31-22(3,4)5)20(29)17(26)11-14-12-27-18-9-7-6-8-15(14)18/h6-9,12-13,16-17,27H,10-11,25-26H2,1-5H3/t16-,17-,23?/m0/s1. The highest BCUT2D eigenvalue weighted by atomic mass is 35.5. The molecule has 0 aliphatic carbocycles. The fraction of sp³-hybridized carbons (Fsp3) is 0.522. The van der Waals surface area contributed by atoms with E-state index in [9.17, 15) is 14.4 Å². The van der Waals surface area contributed by atoms with Gasteiger partial charge in [0.2, 0.25) is 0 Å². The fourth-order valence-electron chi connectivity index (χ4n) is 3.43. The van der Waals surface area contributed by atoms with E-state index in [1.165, 1.54) is 0 Å². The van der Waals surface area contributed by atoms with Gasteiger partial charge >= 0.3 is 5.97 Å². The molecule has 1 aromatic carbocycles. The maximum absolute atomic E-state index is 13.3. The van der Waals surface area contributed by atoms with Gasteiger partial charge in [0, 0.05) is 17.1 Å². The van der Waals surface area contributed by atoms with Gasteiger partial charge in [-0.3, -0.25) is 9.59 Å². The van der Waals surface area contributed by atoms with E-state index in [-0.39, 0.29) is 18.8 Å². The zero-order chi connectivity index (χ0) is 23.6. The molecule has 1 aromatic heterocycles. The van der Waals surface area contributed by atoms with Crippen molar-refractivity contribution < 1.29 is 19.1 Å². The van der Waals surface area contributed by atoms with Crippen LogP contribution in [0, 0.1) is 5.92 Å². The van der Waals surface area contributed by atoms with Crippen molar-refractivity contribution in [3.8, 4) is 0 Å². The molecule has 0 aliphatic heterocycles. The summed E-state index contributed by atoms with van der Waals surface area (Å²) in [6, 6.07) is 5.23. The van der Waals surface area contributed by atoms with E-state index in [2.05, 4.69) is 4.98 Å². The van der Waals surface area contributed by atoms with Gasteiger partial charge < -0.3 is 21.2 Å². The van der Waals surface area contributed by atoms with E-state index in [0.29, 0.717) is 0 Å². The molecule has 0 bridgehead atoms. The van der Waals surface area contributed by atoms with Gasteiger partial charge in [-0.05, 0) is 51.2 Å². The Balaban J connectivity index is 2.38. The molecule has 0 radical (unpaired) electrons. The quantitative estimate of drug-likeness (QED) is 0.306. The molecule has 0 fully saturated rings. The number of nitrogens with one attached hydrogen (secondary N) is 1. The highest BCUT2D eigenvalue weighted by molar-refractivity contribution is 6.58. The summed E-state index contributed by atoms with van der Waals surface area (Å²) in [5.41, 5.74) is 12.9. The van der Waals surface area contributed by atoms with Crippen LogP contribution in [0.15, 0.2) is 30.5 Å². The third-order valence-electron chi connectivity index (χ3n) is 4.87. The minimum atomic E-state index is -2.60. The van der Waals surface area contributed by atoms with Gasteiger partial charge in [-0.25, -0.2) is 4.79 Å². The van der Waals surface area contributed by atoms with Crippen molar-refractivity contribution in [1.82, 2.24) is 4.98 Å². The SMILES string of the molecule is CC(C)C[C@H](N)C(=O)C(Cl)(C(=O)OC(C)(C)C)C(=O)[C@@H](N)Cc1c[nH]c2ccccc12. The first-order valence-corrected chi connectivity index (χ1v) is 10.7. The van der Waals surface area contributed by atoms with Crippen molar-refractivity contribution in [3.05, 3.63) is 36.0 Å². The van der Waals surface area contributed by atoms with Crippen LogP contribution in [0.5, 0.6) is 0 Å². The summed E-state index contributed by atoms with van der Waals surface area (Å²) >= 11 is 6.49. The van der Waals surface area contributed by atoms with Crippen molar-refractivity contribution in [2.75, 3.05) is 0 Å². The van der Waals surface area contributed by atoms with Gasteiger partial charge in [0.25, 0.3) is 4.87 Å². The van der Waals surface area contributed by atoms with Crippen LogP contribution in [0.3, 0.4) is 0 Å². The van der Waals surface area contributed by atoms with Crippen molar-refractivity contribution in [3.63, 3.8) is 0 Å². The number of carbonyl (C=O) groups is 3. The molecular weight excluding hydrogens is 418 g/mol. The molecule has 0 amide bonds. The molecule has 2 rings (SSSR count). The smallest absolute Gasteiger partial charge is 0.343 e. The lowest BCUT2D eigenvalue weighted by atomic mass is 9.85. The molecular formula is C23H32ClN3O4. The summed E-state index contributed by atoms with van der Waals surface area (Å²) < 4.78 is 5.33. The average molecular weight is 450 g/mol. The summed E-state index contributed by atoms with van der Waals surface area (Å²) in [5.74, 6) is -2.90. The van der Waals surface area contributed by atoms with Crippen LogP contribution >= 0.6 is 11.6 Å². The fourth-order valence-corrected chi connectivity index (χ4v) is 3.75. The summed E-state index contributed by atoms with van der Waals surface area (Å²) in [6.07, 6.45) is 2.10. The van der Waals surface area contributed by atoms with E-state index in [1.807, 2.05) is 38.1 Å². The second-order valence-corrected chi connectivity index (χ2v) is 9.86. The second-order valence-electron chi connectivity index (χ2n) is 9.30. The molecule has 1 heterocycles. The number of para-hydroxylation sites is 1. The number of nitrogens with two attached hydrogens (primary N) is 2. The Morgan fingerprint density at radius 1 is 1.06 bits per heavy atom. The van der Waals surface area contributed by atoms with Gasteiger partial charge in [0.15, 0.2) is 11.6 Å². The van der Waals surface area contributed by atoms with Gasteiger partial charge in [-0.15, -0.1) is 0 Å². The topological polar surface area (TPSA) is 128 Å². The lowest BCUT2D eigenvalue weighted by Gasteiger charge is -2.31. The highest BCUT2D eigenvalue weighted by Crippen LogP contribution is 2.29. The number of alkyl halides is 1. The number of ketones is 2. The number of aromatic amines is 1. The summed E-state index contributed by atoms with van der Waals surface area (Å²) in [5, 5.41) is 0.894. The molecule has 7 nitrogen and oxygen atoms in total. The van der Waals surface area contributed by atoms with Gasteiger partial charge in [0.1, 0.15) is 5.60 Å². The number of benzene rings is 1. The van der Waals surface area contributed by atoms with E-state index in [1.54, 1.807) is 27.0 Å². The molecule has 0 aliphatic rings. The van der Waals surface area contributed by atoms with E-state index in [4.69, 9.17) is 27.8 Å². The zero-order valence-electron chi connectivity index (χ0n) is 18.7. The predicted molar refractivity (Wildman–Crippen MR) is 122 cm³/mol. The van der Waals surface area contributed by atoms with Crippen LogP contribution in [0.25, 0.3) is 10.9 Å². The van der Waals surface area contributed by atoms with E-state index in [0.717, 1.165) is 16.5 Å². The number of aromatic nitrogens is 1. The van der Waals surface area contributed by atoms with Gasteiger partial charge in [-0.2, -0.15) is 0 Å². The Morgan fingerprint density at radius 2 is 1.65 bits per heavy atom. The molecule has 0 spiro atoms. The van der Waals surface area contributed by atoms with Crippen molar-refractivity contribution in [2.24, 2.45) is 17.4 Å². The lowest BCUT2D eigenvalue weighted by molar-refractivity contribution is -0.162. The molecule has 3 atom stereocenters. The van der Waals surface area contributed by atoms with Crippen LogP contribution in [0.1, 0.15) is 46.6 Å². The number of fused-ring (bicyclic) bond motifs is 1. The highest BCUT2D eigenvalue weighted by Gasteiger charge is 2.56. The Labute approximate surface area is 187 Å². The lowest BCUT2D eigenvalue weighted by Crippen LogP contribution is -2.61. The first kappa shape index (κ1) is 25.0. The predicted octanol–water partition coefficient (Wildman–Crippen LogP) is 2.87. The van der Waals surface area contributed by atoms with E-state index >= 15 is 0 Å². The molecule has 8 heteroatoms. The minimum Gasteiger partial charge on any atom is -0.458 e. The normalized spacial score (nSPS) is 16.0. The number of hydrogen-bond acceptors (Lipinski definition) is 6. The second kappa shape index (κ2) is 9.51. The third-order valence-corrected chi connectivity index (χ3v) is 5.40. The number of H-pyrrole nitrogens is 1. The number of hydrogen-bond donors (Lipinski definition) is 3. The van der Waals surface area contributed by atoms with Crippen LogP contribution in [-0.4, -0.2) is 45.1 Å². The van der Waals surface area contributed by atoms with Gasteiger partial charge in [0.05, 0.1) is 12.1 Å². The maximum Gasteiger partial charge on any atom is 0.343 e. The minimum absolute atomic E-state index is 0.0634. The molecule has 31 heavy (non-hydrogen) atoms. The van der Waals surface area contributed by atoms with Crippen LogP contribution < -0.4 is 11.5 Å². The number of esters is 1. The number of halogens is 1. The summed E-state index contributed by atoms with van der Waals surface area (Å²) in [4.78, 5) is 40.0. The van der Waals surface area contributed by atoms with Crippen LogP contribution in [0.2, 0.25) is 0 Å². The number of carbonyl (C=O) groups excluding carboxylic acids is 3. The Bertz CT molecular complexity index is 963. The molecule has 1 unspecified atom stereocenters. The average Bonchev–Trinajstić information content (AvgIpc) is 3.07. The zero-order valence-corrected chi connectivity index (χ0v) is 19.5. The number of ether oxygens (including phenoxy) is 1. The van der Waals surface area contributed by atoms with Crippen molar-refractivity contribution >= 4 is 40.0 Å². The maximum atomic E-state index is 13.3. The Hall–Kier alpha value is -2.22. The van der Waals surface area contributed by atoms with Crippen LogP contribution in [-0.2, 0) is 25.5 Å². The first-order chi connectivity index (χ1) is 14.3. The molecule has 0 saturated heterocycles. The molecule has 5 N–H and O–H groups in total. The molecule has 170 valence electrons. The first-order valence-electron chi connectivity index (χ1n) is 10.3. The van der Waals surface area contributed by atoms with Crippen molar-refractivity contribution in [2.45, 2.75) is 70.0 Å². The van der Waals surface area contributed by atoms with Crippen LogP contribution in [0.4, 0.5) is 0 Å². The van der Waals surface area contributed by atoms with Crippen molar-refractivity contribution in [1.29, 1.82) is 0 Å². The molecule has 2 aromatic rings. The monoisotopic (exact) mass is 449 g/mol. The van der Waals surface area contributed by atoms with E-state index < -0.39 is 40.1 Å². The largest absolute Gasteiger partial charge is 0.458 e. The molecule has 0 saturated carbocycles. The summed E-state index contributed by atoms with van der Waals surface area (Å²) in [6.45, 7) is 8.62. The van der Waals surface area contributed by atoms with Gasteiger partial charge in [-0.1, -0.05) is 43.6 Å². The summed E-state index contributed by atoms with van der Waals surface area (Å²) in [7, 11) is 0. The number of Topliss-reactive ketones (excluding diaryl/α,β-unsaturated/α-hetero) is 2. The number of rotatable bonds is 9. The Morgan fingerprint density at radius 3 is 2.23 bits per heavy atom.